The first-order chi connectivity index (χ1) is 13.9. The molecule has 0 fully saturated rings. The predicted molar refractivity (Wildman–Crippen MR) is 131 cm³/mol. The van der Waals surface area contributed by atoms with Gasteiger partial charge in [-0.3, -0.25) is 9.98 Å². The highest BCUT2D eigenvalue weighted by Gasteiger charge is 2.01. The monoisotopic (exact) mass is 522 g/mol. The number of hydrogen-bond donors (Lipinski definition) is 2. The molecule has 29 heavy (non-hydrogen) atoms. The van der Waals surface area contributed by atoms with Gasteiger partial charge in [-0.15, -0.1) is 35.7 Å². The third kappa shape index (κ3) is 9.36. The molecule has 5 nitrogen and oxygen atoms in total. The lowest BCUT2D eigenvalue weighted by Crippen LogP contribution is -2.39. The minimum absolute atomic E-state index is 0. The van der Waals surface area contributed by atoms with Crippen molar-refractivity contribution in [3.8, 4) is 0 Å². The van der Waals surface area contributed by atoms with Crippen LogP contribution in [-0.2, 0) is 12.8 Å². The molecule has 0 saturated heterocycles. The van der Waals surface area contributed by atoms with Gasteiger partial charge in [0.1, 0.15) is 5.76 Å². The van der Waals surface area contributed by atoms with E-state index < -0.39 is 0 Å². The van der Waals surface area contributed by atoms with E-state index in [1.54, 1.807) is 6.26 Å². The van der Waals surface area contributed by atoms with E-state index >= 15 is 0 Å². The summed E-state index contributed by atoms with van der Waals surface area (Å²) in [5.41, 5.74) is 1.07. The van der Waals surface area contributed by atoms with Crippen LogP contribution in [0.2, 0.25) is 0 Å². The van der Waals surface area contributed by atoms with E-state index in [2.05, 4.69) is 44.9 Å². The Morgan fingerprint density at radius 3 is 2.52 bits per heavy atom. The van der Waals surface area contributed by atoms with Gasteiger partial charge in [-0.2, -0.15) is 0 Å². The number of aliphatic imine (C=N–C) groups is 1. The number of pyridine rings is 1. The summed E-state index contributed by atoms with van der Waals surface area (Å²) in [7, 11) is 0. The number of nitrogens with one attached hydrogen (secondary N) is 2. The summed E-state index contributed by atoms with van der Waals surface area (Å²) in [6, 6.07) is 20.3. The van der Waals surface area contributed by atoms with Crippen molar-refractivity contribution in [3.05, 3.63) is 84.6 Å². The molecular weight excluding hydrogens is 495 g/mol. The van der Waals surface area contributed by atoms with Crippen molar-refractivity contribution in [2.75, 3.05) is 25.4 Å². The second-order valence-electron chi connectivity index (χ2n) is 6.15. The van der Waals surface area contributed by atoms with Gasteiger partial charge in [0.2, 0.25) is 0 Å². The smallest absolute Gasteiger partial charge is 0.191 e. The minimum atomic E-state index is 0. The van der Waals surface area contributed by atoms with Crippen molar-refractivity contribution in [3.63, 3.8) is 0 Å². The predicted octanol–water partition coefficient (Wildman–Crippen LogP) is 4.41. The Kier molecular flexibility index (Phi) is 11.3. The highest BCUT2D eigenvalue weighted by molar-refractivity contribution is 14.0. The highest BCUT2D eigenvalue weighted by Crippen LogP contribution is 2.15. The number of thioether (sulfide) groups is 1. The van der Waals surface area contributed by atoms with Crippen molar-refractivity contribution in [2.24, 2.45) is 4.99 Å². The van der Waals surface area contributed by atoms with Crippen molar-refractivity contribution in [2.45, 2.75) is 17.7 Å². The molecule has 2 aromatic heterocycles. The summed E-state index contributed by atoms with van der Waals surface area (Å²) >= 11 is 1.83. The molecule has 3 aromatic rings. The Bertz CT molecular complexity index is 813. The Morgan fingerprint density at radius 1 is 0.931 bits per heavy atom. The molecule has 0 unspecified atom stereocenters. The summed E-state index contributed by atoms with van der Waals surface area (Å²) in [6.07, 6.45) is 5.17. The highest BCUT2D eigenvalue weighted by atomic mass is 127. The first kappa shape index (κ1) is 23.3. The van der Waals surface area contributed by atoms with E-state index in [0.29, 0.717) is 6.54 Å². The van der Waals surface area contributed by atoms with Crippen LogP contribution in [0.5, 0.6) is 0 Å². The van der Waals surface area contributed by atoms with E-state index in [1.807, 2.05) is 54.4 Å². The average molecular weight is 522 g/mol. The lowest BCUT2D eigenvalue weighted by atomic mass is 10.3. The quantitative estimate of drug-likeness (QED) is 0.136. The molecule has 7 heteroatoms. The molecule has 154 valence electrons. The molecule has 0 aliphatic rings. The van der Waals surface area contributed by atoms with E-state index in [0.717, 1.165) is 49.1 Å². The number of nitrogens with zero attached hydrogens (tertiary/aromatic N) is 2. The zero-order chi connectivity index (χ0) is 19.3. The molecule has 0 saturated carbocycles. The summed E-state index contributed by atoms with van der Waals surface area (Å²) < 4.78 is 5.38. The molecule has 0 aliphatic heterocycles. The van der Waals surface area contributed by atoms with E-state index in [4.69, 9.17) is 4.42 Å². The fourth-order valence-electron chi connectivity index (χ4n) is 2.62. The molecule has 0 radical (unpaired) electrons. The molecular formula is C22H27IN4OS. The maximum atomic E-state index is 5.38. The number of halogens is 1. The minimum Gasteiger partial charge on any atom is -0.469 e. The molecule has 2 N–H and O–H groups in total. The van der Waals surface area contributed by atoms with Gasteiger partial charge in [-0.05, 0) is 36.4 Å². The molecule has 2 heterocycles. The molecule has 0 bridgehead atoms. The second-order valence-corrected chi connectivity index (χ2v) is 7.31. The zero-order valence-corrected chi connectivity index (χ0v) is 19.4. The van der Waals surface area contributed by atoms with Gasteiger partial charge in [-0.25, -0.2) is 0 Å². The third-order valence-electron chi connectivity index (χ3n) is 4.01. The van der Waals surface area contributed by atoms with Gasteiger partial charge >= 0.3 is 0 Å². The van der Waals surface area contributed by atoms with E-state index in [-0.39, 0.29) is 24.0 Å². The normalized spacial score (nSPS) is 11.0. The number of aromatic nitrogens is 1. The van der Waals surface area contributed by atoms with Crippen LogP contribution >= 0.6 is 35.7 Å². The van der Waals surface area contributed by atoms with Gasteiger partial charge < -0.3 is 15.1 Å². The van der Waals surface area contributed by atoms with E-state index in [1.165, 1.54) is 4.90 Å². The van der Waals surface area contributed by atoms with Gasteiger partial charge in [-0.1, -0.05) is 24.3 Å². The average Bonchev–Trinajstić information content (AvgIpc) is 3.26. The van der Waals surface area contributed by atoms with Crippen LogP contribution in [0.25, 0.3) is 0 Å². The van der Waals surface area contributed by atoms with Crippen LogP contribution in [0.1, 0.15) is 11.5 Å². The Balaban J connectivity index is 0.00000300. The van der Waals surface area contributed by atoms with Crippen molar-refractivity contribution in [1.82, 2.24) is 15.6 Å². The molecule has 0 amide bonds. The van der Waals surface area contributed by atoms with Crippen molar-refractivity contribution < 1.29 is 4.42 Å². The maximum Gasteiger partial charge on any atom is 0.191 e. The number of furan rings is 1. The molecule has 1 aromatic carbocycles. The fourth-order valence-corrected chi connectivity index (χ4v) is 3.41. The van der Waals surface area contributed by atoms with Gasteiger partial charge in [0.15, 0.2) is 5.96 Å². The fraction of sp³-hybridized carbons (Fsp3) is 0.273. The Hall–Kier alpha value is -2.00. The second kappa shape index (κ2) is 14.1. The molecule has 3 rings (SSSR count). The summed E-state index contributed by atoms with van der Waals surface area (Å²) in [5.74, 6) is 2.76. The number of hydrogen-bond acceptors (Lipinski definition) is 4. The first-order valence-electron chi connectivity index (χ1n) is 9.52. The van der Waals surface area contributed by atoms with Crippen LogP contribution < -0.4 is 10.6 Å². The Morgan fingerprint density at radius 2 is 1.76 bits per heavy atom. The van der Waals surface area contributed by atoms with Crippen LogP contribution in [-0.4, -0.2) is 36.3 Å². The SMILES string of the molecule is I.c1ccc(SCCNC(=NCCc2ccco2)NCCc2ccccn2)cc1. The topological polar surface area (TPSA) is 62.5 Å². The molecule has 0 atom stereocenters. The van der Waals surface area contributed by atoms with Crippen molar-refractivity contribution in [1.29, 1.82) is 0 Å². The van der Waals surface area contributed by atoms with Gasteiger partial charge in [0.05, 0.1) is 6.26 Å². The standard InChI is InChI=1S/C22H26N4OS.HI/c1-2-9-21(10-3-1)28-18-16-26-22(25-15-12-20-8-6-17-27-20)24-14-11-19-7-4-5-13-23-19;/h1-10,13,17H,11-12,14-16,18H2,(H2,24,25,26);1H. The van der Waals surface area contributed by atoms with Crippen LogP contribution in [0.4, 0.5) is 0 Å². The van der Waals surface area contributed by atoms with Crippen molar-refractivity contribution >= 4 is 41.7 Å². The summed E-state index contributed by atoms with van der Waals surface area (Å²) in [6.45, 7) is 2.31. The van der Waals surface area contributed by atoms with Crippen LogP contribution in [0.3, 0.4) is 0 Å². The maximum absolute atomic E-state index is 5.38. The van der Waals surface area contributed by atoms with Crippen LogP contribution in [0.15, 0.2) is 87.4 Å². The number of benzene rings is 1. The summed E-state index contributed by atoms with van der Waals surface area (Å²) in [5, 5.41) is 6.83. The number of rotatable bonds is 10. The Labute approximate surface area is 193 Å². The van der Waals surface area contributed by atoms with E-state index in [9.17, 15) is 0 Å². The lowest BCUT2D eigenvalue weighted by molar-refractivity contribution is 0.510. The largest absolute Gasteiger partial charge is 0.469 e. The van der Waals surface area contributed by atoms with Gasteiger partial charge in [0.25, 0.3) is 0 Å². The zero-order valence-electron chi connectivity index (χ0n) is 16.3. The number of guanidine groups is 1. The lowest BCUT2D eigenvalue weighted by Gasteiger charge is -2.12. The third-order valence-corrected chi connectivity index (χ3v) is 5.03. The van der Waals surface area contributed by atoms with Gasteiger partial charge in [0, 0.05) is 55.0 Å². The summed E-state index contributed by atoms with van der Waals surface area (Å²) in [4.78, 5) is 10.3. The molecule has 0 aliphatic carbocycles. The van der Waals surface area contributed by atoms with Crippen LogP contribution in [0, 0.1) is 0 Å². The molecule has 0 spiro atoms. The first-order valence-corrected chi connectivity index (χ1v) is 10.5.